The van der Waals surface area contributed by atoms with Gasteiger partial charge in [-0.05, 0) is 52.8 Å². The molecule has 128 valence electrons. The van der Waals surface area contributed by atoms with E-state index in [0.29, 0.717) is 6.54 Å². The minimum absolute atomic E-state index is 0.0431. The summed E-state index contributed by atoms with van der Waals surface area (Å²) in [7, 11) is 0. The number of rotatable bonds is 5. The van der Waals surface area contributed by atoms with E-state index in [2.05, 4.69) is 50.9 Å². The average molecular weight is 337 g/mol. The van der Waals surface area contributed by atoms with Gasteiger partial charge in [-0.15, -0.1) is 11.3 Å². The molecule has 1 aromatic rings. The van der Waals surface area contributed by atoms with Gasteiger partial charge in [0, 0.05) is 41.0 Å². The maximum absolute atomic E-state index is 12.0. The first-order valence-electron chi connectivity index (χ1n) is 8.19. The molecule has 1 aromatic heterocycles. The third-order valence-corrected chi connectivity index (χ3v) is 5.10. The third kappa shape index (κ3) is 5.44. The SMILES string of the molecule is Cc1ccc(/C=C\C(=O)NCC(C)(C)N2C[C@@H](C)O[C@@H](C)C2)s1. The zero-order valence-corrected chi connectivity index (χ0v) is 15.6. The van der Waals surface area contributed by atoms with Crippen LogP contribution in [0.4, 0.5) is 0 Å². The van der Waals surface area contributed by atoms with Crippen LogP contribution in [0.25, 0.3) is 6.08 Å². The molecule has 0 aromatic carbocycles. The second-order valence-corrected chi connectivity index (χ2v) is 8.29. The fourth-order valence-electron chi connectivity index (χ4n) is 2.85. The molecule has 1 amide bonds. The Morgan fingerprint density at radius 1 is 1.39 bits per heavy atom. The zero-order valence-electron chi connectivity index (χ0n) is 14.8. The van der Waals surface area contributed by atoms with Crippen molar-refractivity contribution >= 4 is 23.3 Å². The van der Waals surface area contributed by atoms with E-state index in [1.54, 1.807) is 17.4 Å². The molecule has 1 saturated heterocycles. The van der Waals surface area contributed by atoms with Gasteiger partial charge in [0.05, 0.1) is 12.2 Å². The molecule has 0 bridgehead atoms. The van der Waals surface area contributed by atoms with Gasteiger partial charge in [-0.25, -0.2) is 0 Å². The standard InChI is InChI=1S/C18H28N2O2S/c1-13-10-20(11-14(2)22-13)18(4,5)12-19-17(21)9-8-16-7-6-15(3)23-16/h6-9,13-14H,10-12H2,1-5H3,(H,19,21)/b9-8-/t13-,14+. The number of hydrogen-bond acceptors (Lipinski definition) is 4. The summed E-state index contributed by atoms with van der Waals surface area (Å²) in [4.78, 5) is 16.8. The van der Waals surface area contributed by atoms with E-state index >= 15 is 0 Å². The van der Waals surface area contributed by atoms with Crippen LogP contribution in [0.2, 0.25) is 0 Å². The fraction of sp³-hybridized carbons (Fsp3) is 0.611. The van der Waals surface area contributed by atoms with Gasteiger partial charge in [-0.1, -0.05) is 0 Å². The van der Waals surface area contributed by atoms with Crippen LogP contribution in [0.1, 0.15) is 37.4 Å². The van der Waals surface area contributed by atoms with Crippen LogP contribution in [-0.4, -0.2) is 48.2 Å². The molecule has 1 aliphatic heterocycles. The Labute approximate surface area is 143 Å². The molecule has 0 saturated carbocycles. The highest BCUT2D eigenvalue weighted by atomic mass is 32.1. The summed E-state index contributed by atoms with van der Waals surface area (Å²) in [6.07, 6.45) is 3.96. The van der Waals surface area contributed by atoms with Gasteiger partial charge in [0.2, 0.25) is 5.91 Å². The van der Waals surface area contributed by atoms with Crippen LogP contribution in [0.5, 0.6) is 0 Å². The number of carbonyl (C=O) groups excluding carboxylic acids is 1. The highest BCUT2D eigenvalue weighted by molar-refractivity contribution is 7.12. The van der Waals surface area contributed by atoms with Crippen molar-refractivity contribution in [2.45, 2.75) is 52.4 Å². The number of ether oxygens (including phenoxy) is 1. The van der Waals surface area contributed by atoms with Gasteiger partial charge < -0.3 is 10.1 Å². The zero-order chi connectivity index (χ0) is 17.0. The van der Waals surface area contributed by atoms with Gasteiger partial charge in [0.1, 0.15) is 0 Å². The van der Waals surface area contributed by atoms with Crippen molar-refractivity contribution in [1.82, 2.24) is 10.2 Å². The van der Waals surface area contributed by atoms with Crippen molar-refractivity contribution in [3.63, 3.8) is 0 Å². The Morgan fingerprint density at radius 3 is 2.61 bits per heavy atom. The van der Waals surface area contributed by atoms with E-state index in [-0.39, 0.29) is 23.7 Å². The van der Waals surface area contributed by atoms with E-state index in [1.807, 2.05) is 12.1 Å². The summed E-state index contributed by atoms with van der Waals surface area (Å²) in [6, 6.07) is 4.09. The summed E-state index contributed by atoms with van der Waals surface area (Å²) in [5.41, 5.74) is -0.0880. The van der Waals surface area contributed by atoms with Gasteiger partial charge in [-0.3, -0.25) is 9.69 Å². The Balaban J connectivity index is 1.85. The molecule has 23 heavy (non-hydrogen) atoms. The molecule has 0 aliphatic carbocycles. The van der Waals surface area contributed by atoms with Crippen LogP contribution in [0, 0.1) is 6.92 Å². The van der Waals surface area contributed by atoms with Gasteiger partial charge in [0.25, 0.3) is 0 Å². The summed E-state index contributed by atoms with van der Waals surface area (Å²) in [6.45, 7) is 13.0. The van der Waals surface area contributed by atoms with Crippen molar-refractivity contribution in [2.24, 2.45) is 0 Å². The Kier molecular flexibility index (Phi) is 6.00. The maximum Gasteiger partial charge on any atom is 0.244 e. The van der Waals surface area contributed by atoms with Crippen LogP contribution < -0.4 is 5.32 Å². The van der Waals surface area contributed by atoms with Crippen LogP contribution in [-0.2, 0) is 9.53 Å². The van der Waals surface area contributed by atoms with E-state index in [9.17, 15) is 4.79 Å². The Morgan fingerprint density at radius 2 is 2.04 bits per heavy atom. The van der Waals surface area contributed by atoms with Crippen molar-refractivity contribution in [3.8, 4) is 0 Å². The molecule has 0 spiro atoms. The van der Waals surface area contributed by atoms with Crippen LogP contribution in [0.15, 0.2) is 18.2 Å². The first-order chi connectivity index (χ1) is 10.8. The molecule has 4 nitrogen and oxygen atoms in total. The highest BCUT2D eigenvalue weighted by Crippen LogP contribution is 2.20. The average Bonchev–Trinajstić information content (AvgIpc) is 2.88. The second kappa shape index (κ2) is 7.60. The van der Waals surface area contributed by atoms with Gasteiger partial charge >= 0.3 is 0 Å². The molecule has 2 atom stereocenters. The lowest BCUT2D eigenvalue weighted by Crippen LogP contribution is -2.58. The number of nitrogens with one attached hydrogen (secondary N) is 1. The number of amides is 1. The molecule has 1 aliphatic rings. The van der Waals surface area contributed by atoms with E-state index in [4.69, 9.17) is 4.74 Å². The molecule has 0 radical (unpaired) electrons. The van der Waals surface area contributed by atoms with Crippen molar-refractivity contribution < 1.29 is 9.53 Å². The predicted octanol–water partition coefficient (Wildman–Crippen LogP) is 3.07. The van der Waals surface area contributed by atoms with Crippen LogP contribution >= 0.6 is 11.3 Å². The topological polar surface area (TPSA) is 41.6 Å². The normalized spacial score (nSPS) is 23.3. The van der Waals surface area contributed by atoms with E-state index < -0.39 is 0 Å². The first kappa shape index (κ1) is 18.2. The second-order valence-electron chi connectivity index (χ2n) is 6.97. The fourth-order valence-corrected chi connectivity index (χ4v) is 3.63. The number of aryl methyl sites for hydroxylation is 1. The number of hydrogen-bond donors (Lipinski definition) is 1. The lowest BCUT2D eigenvalue weighted by molar-refractivity contribution is -0.118. The first-order valence-corrected chi connectivity index (χ1v) is 9.01. The number of nitrogens with zero attached hydrogens (tertiary/aromatic N) is 1. The summed E-state index contributed by atoms with van der Waals surface area (Å²) in [5, 5.41) is 3.02. The number of carbonyl (C=O) groups is 1. The molecule has 5 heteroatoms. The maximum atomic E-state index is 12.0. The minimum atomic E-state index is -0.0880. The molecule has 2 heterocycles. The molecule has 0 unspecified atom stereocenters. The number of morpholine rings is 1. The smallest absolute Gasteiger partial charge is 0.244 e. The summed E-state index contributed by atoms with van der Waals surface area (Å²) < 4.78 is 5.79. The highest BCUT2D eigenvalue weighted by Gasteiger charge is 2.33. The number of thiophene rings is 1. The van der Waals surface area contributed by atoms with E-state index in [1.165, 1.54) is 4.88 Å². The van der Waals surface area contributed by atoms with Crippen LogP contribution in [0.3, 0.4) is 0 Å². The largest absolute Gasteiger partial charge is 0.373 e. The van der Waals surface area contributed by atoms with Gasteiger partial charge in [-0.2, -0.15) is 0 Å². The molecular formula is C18H28N2O2S. The lowest BCUT2D eigenvalue weighted by atomic mass is 10.00. The lowest BCUT2D eigenvalue weighted by Gasteiger charge is -2.45. The van der Waals surface area contributed by atoms with Gasteiger partial charge in [0.15, 0.2) is 0 Å². The molecule has 2 rings (SSSR count). The minimum Gasteiger partial charge on any atom is -0.373 e. The Bertz CT molecular complexity index is 555. The van der Waals surface area contributed by atoms with E-state index in [0.717, 1.165) is 18.0 Å². The van der Waals surface area contributed by atoms with Crippen molar-refractivity contribution in [3.05, 3.63) is 28.0 Å². The monoisotopic (exact) mass is 336 g/mol. The molecule has 1 fully saturated rings. The quantitative estimate of drug-likeness (QED) is 0.840. The summed E-state index contributed by atoms with van der Waals surface area (Å²) >= 11 is 1.69. The third-order valence-electron chi connectivity index (χ3n) is 4.13. The van der Waals surface area contributed by atoms with Crippen molar-refractivity contribution in [1.29, 1.82) is 0 Å². The summed E-state index contributed by atoms with van der Waals surface area (Å²) in [5.74, 6) is -0.0431. The van der Waals surface area contributed by atoms with Crippen molar-refractivity contribution in [2.75, 3.05) is 19.6 Å². The molecule has 1 N–H and O–H groups in total. The predicted molar refractivity (Wildman–Crippen MR) is 96.8 cm³/mol. The molecular weight excluding hydrogens is 308 g/mol. The Hall–Kier alpha value is -1.17.